The molecule has 1 fully saturated rings. The van der Waals surface area contributed by atoms with E-state index in [0.29, 0.717) is 18.3 Å². The number of likely N-dealkylation sites (N-methyl/N-ethyl adjacent to an activating group) is 1. The summed E-state index contributed by atoms with van der Waals surface area (Å²) in [6, 6.07) is 0.937. The summed E-state index contributed by atoms with van der Waals surface area (Å²) >= 11 is 0. The summed E-state index contributed by atoms with van der Waals surface area (Å²) in [5.41, 5.74) is 0.528. The smallest absolute Gasteiger partial charge is 0.339 e. The predicted octanol–water partition coefficient (Wildman–Crippen LogP) is 0.956. The molecule has 0 radical (unpaired) electrons. The number of ether oxygens (including phenoxy) is 1. The summed E-state index contributed by atoms with van der Waals surface area (Å²) in [4.78, 5) is 20.9. The van der Waals surface area contributed by atoms with Crippen LogP contribution in [-0.4, -0.2) is 52.2 Å². The topological polar surface area (TPSA) is 75.5 Å². The Morgan fingerprint density at radius 2 is 2.33 bits per heavy atom. The first-order chi connectivity index (χ1) is 8.58. The Balaban J connectivity index is 1.85. The van der Waals surface area contributed by atoms with E-state index in [2.05, 4.69) is 21.9 Å². The molecule has 1 saturated carbocycles. The third-order valence-corrected chi connectivity index (χ3v) is 3.03. The molecule has 0 saturated heterocycles. The van der Waals surface area contributed by atoms with Crippen LogP contribution in [0.5, 0.6) is 6.01 Å². The molecule has 1 aromatic heterocycles. The molecule has 98 valence electrons. The van der Waals surface area contributed by atoms with Crippen molar-refractivity contribution in [2.75, 3.05) is 20.2 Å². The maximum Gasteiger partial charge on any atom is 0.339 e. The van der Waals surface area contributed by atoms with E-state index in [1.807, 2.05) is 0 Å². The lowest BCUT2D eigenvalue weighted by Crippen LogP contribution is -2.26. The number of carbonyl (C=O) groups is 1. The van der Waals surface area contributed by atoms with E-state index in [4.69, 9.17) is 9.84 Å². The van der Waals surface area contributed by atoms with Gasteiger partial charge >= 0.3 is 12.0 Å². The van der Waals surface area contributed by atoms with Crippen molar-refractivity contribution in [2.24, 2.45) is 0 Å². The monoisotopic (exact) mass is 251 g/mol. The normalized spacial score (nSPS) is 14.8. The van der Waals surface area contributed by atoms with Crippen LogP contribution in [0.2, 0.25) is 0 Å². The molecular formula is C12H17N3O3. The third kappa shape index (κ3) is 3.16. The number of aromatic nitrogens is 2. The zero-order valence-electron chi connectivity index (χ0n) is 10.6. The first-order valence-electron chi connectivity index (χ1n) is 5.98. The summed E-state index contributed by atoms with van der Waals surface area (Å²) in [5, 5.41) is 8.85. The lowest BCUT2D eigenvalue weighted by Gasteiger charge is -2.15. The van der Waals surface area contributed by atoms with E-state index < -0.39 is 5.97 Å². The van der Waals surface area contributed by atoms with Crippen LogP contribution in [0.1, 0.15) is 28.9 Å². The van der Waals surface area contributed by atoms with Gasteiger partial charge in [0.2, 0.25) is 0 Å². The average molecular weight is 251 g/mol. The van der Waals surface area contributed by atoms with Crippen molar-refractivity contribution in [3.8, 4) is 6.01 Å². The zero-order valence-corrected chi connectivity index (χ0v) is 10.6. The van der Waals surface area contributed by atoms with Gasteiger partial charge in [0, 0.05) is 18.8 Å². The Hall–Kier alpha value is -1.69. The largest absolute Gasteiger partial charge is 0.478 e. The van der Waals surface area contributed by atoms with Crippen LogP contribution < -0.4 is 4.74 Å². The number of aryl methyl sites for hydroxylation is 1. The number of hydrogen-bond acceptors (Lipinski definition) is 5. The maximum atomic E-state index is 10.8. The quantitative estimate of drug-likeness (QED) is 0.811. The molecule has 1 heterocycles. The lowest BCUT2D eigenvalue weighted by atomic mass is 10.2. The molecule has 0 bridgehead atoms. The van der Waals surface area contributed by atoms with Crippen LogP contribution in [0.25, 0.3) is 0 Å². The van der Waals surface area contributed by atoms with E-state index in [-0.39, 0.29) is 11.6 Å². The molecule has 6 heteroatoms. The minimum absolute atomic E-state index is 0.109. The molecule has 6 nitrogen and oxygen atoms in total. The predicted molar refractivity (Wildman–Crippen MR) is 64.9 cm³/mol. The molecule has 1 aliphatic carbocycles. The van der Waals surface area contributed by atoms with Gasteiger partial charge in [-0.2, -0.15) is 4.98 Å². The highest BCUT2D eigenvalue weighted by Gasteiger charge is 2.25. The van der Waals surface area contributed by atoms with Gasteiger partial charge in [0.1, 0.15) is 6.61 Å². The van der Waals surface area contributed by atoms with Crippen LogP contribution in [0, 0.1) is 6.92 Å². The fraction of sp³-hybridized carbons (Fsp3) is 0.583. The van der Waals surface area contributed by atoms with E-state index in [9.17, 15) is 4.79 Å². The first-order valence-corrected chi connectivity index (χ1v) is 5.98. The lowest BCUT2D eigenvalue weighted by molar-refractivity contribution is 0.0695. The molecule has 0 amide bonds. The number of rotatable bonds is 6. The van der Waals surface area contributed by atoms with Crippen LogP contribution in [0.3, 0.4) is 0 Å². The van der Waals surface area contributed by atoms with Gasteiger partial charge in [0.05, 0.1) is 11.3 Å². The summed E-state index contributed by atoms with van der Waals surface area (Å²) in [6.45, 7) is 2.97. The van der Waals surface area contributed by atoms with Gasteiger partial charge in [-0.15, -0.1) is 0 Å². The molecule has 1 aromatic rings. The van der Waals surface area contributed by atoms with Crippen molar-refractivity contribution < 1.29 is 14.6 Å². The molecule has 0 unspecified atom stereocenters. The number of carboxylic acid groups (broad SMARTS) is 1. The van der Waals surface area contributed by atoms with Gasteiger partial charge in [-0.1, -0.05) is 0 Å². The van der Waals surface area contributed by atoms with Gasteiger partial charge in [0.25, 0.3) is 0 Å². The summed E-state index contributed by atoms with van der Waals surface area (Å²) in [5.74, 6) is -1.02. The molecule has 18 heavy (non-hydrogen) atoms. The molecule has 2 rings (SSSR count). The summed E-state index contributed by atoms with van der Waals surface area (Å²) in [7, 11) is 2.07. The minimum atomic E-state index is -1.02. The highest BCUT2D eigenvalue weighted by atomic mass is 16.5. The Kier molecular flexibility index (Phi) is 3.76. The fourth-order valence-corrected chi connectivity index (χ4v) is 1.70. The SMILES string of the molecule is Cc1nc(OCCN(C)C2CC2)ncc1C(=O)O. The first kappa shape index (κ1) is 12.8. The second kappa shape index (κ2) is 5.30. The molecule has 0 aliphatic heterocycles. The Labute approximate surface area is 106 Å². The van der Waals surface area contributed by atoms with Gasteiger partial charge in [-0.3, -0.25) is 0 Å². The molecule has 1 N–H and O–H groups in total. The fourth-order valence-electron chi connectivity index (χ4n) is 1.70. The highest BCUT2D eigenvalue weighted by Crippen LogP contribution is 2.24. The van der Waals surface area contributed by atoms with Gasteiger partial charge in [0.15, 0.2) is 0 Å². The average Bonchev–Trinajstić information content (AvgIpc) is 3.12. The zero-order chi connectivity index (χ0) is 13.1. The molecule has 0 spiro atoms. The van der Waals surface area contributed by atoms with E-state index in [1.54, 1.807) is 6.92 Å². The Morgan fingerprint density at radius 3 is 2.89 bits per heavy atom. The summed E-state index contributed by atoms with van der Waals surface area (Å²) in [6.07, 6.45) is 3.81. The number of nitrogens with zero attached hydrogens (tertiary/aromatic N) is 3. The summed E-state index contributed by atoms with van der Waals surface area (Å²) < 4.78 is 5.41. The van der Waals surface area contributed by atoms with Crippen LogP contribution in [-0.2, 0) is 0 Å². The van der Waals surface area contributed by atoms with E-state index in [1.165, 1.54) is 19.0 Å². The maximum absolute atomic E-state index is 10.8. The van der Waals surface area contributed by atoms with Gasteiger partial charge in [-0.25, -0.2) is 9.78 Å². The van der Waals surface area contributed by atoms with Crippen LogP contribution in [0.4, 0.5) is 0 Å². The standard InChI is InChI=1S/C12H17N3O3/c1-8-10(11(16)17)7-13-12(14-8)18-6-5-15(2)9-3-4-9/h7,9H,3-6H2,1-2H3,(H,16,17). The van der Waals surface area contributed by atoms with E-state index in [0.717, 1.165) is 6.54 Å². The second-order valence-electron chi connectivity index (χ2n) is 4.52. The Bertz CT molecular complexity index is 446. The van der Waals surface area contributed by atoms with Crippen molar-refractivity contribution in [1.82, 2.24) is 14.9 Å². The van der Waals surface area contributed by atoms with Crippen molar-refractivity contribution in [3.63, 3.8) is 0 Å². The Morgan fingerprint density at radius 1 is 1.61 bits per heavy atom. The van der Waals surface area contributed by atoms with Crippen LogP contribution in [0.15, 0.2) is 6.20 Å². The van der Waals surface area contributed by atoms with E-state index >= 15 is 0 Å². The van der Waals surface area contributed by atoms with Gasteiger partial charge in [-0.05, 0) is 26.8 Å². The molecule has 1 aliphatic rings. The number of carboxylic acids is 1. The highest BCUT2D eigenvalue weighted by molar-refractivity contribution is 5.88. The molecular weight excluding hydrogens is 234 g/mol. The molecule has 0 atom stereocenters. The van der Waals surface area contributed by atoms with Crippen LogP contribution >= 0.6 is 0 Å². The number of aromatic carboxylic acids is 1. The van der Waals surface area contributed by atoms with Crippen molar-refractivity contribution >= 4 is 5.97 Å². The molecule has 0 aromatic carbocycles. The van der Waals surface area contributed by atoms with Crippen molar-refractivity contribution in [2.45, 2.75) is 25.8 Å². The minimum Gasteiger partial charge on any atom is -0.478 e. The van der Waals surface area contributed by atoms with Crippen molar-refractivity contribution in [3.05, 3.63) is 17.5 Å². The van der Waals surface area contributed by atoms with Gasteiger partial charge < -0.3 is 14.7 Å². The van der Waals surface area contributed by atoms with Crippen molar-refractivity contribution in [1.29, 1.82) is 0 Å². The second-order valence-corrected chi connectivity index (χ2v) is 4.52. The third-order valence-electron chi connectivity index (χ3n) is 3.03. The number of hydrogen-bond donors (Lipinski definition) is 1.